The lowest BCUT2D eigenvalue weighted by Crippen LogP contribution is -2.14. The van der Waals surface area contributed by atoms with E-state index < -0.39 is 6.29 Å². The van der Waals surface area contributed by atoms with Crippen molar-refractivity contribution in [3.63, 3.8) is 0 Å². The predicted octanol–water partition coefficient (Wildman–Crippen LogP) is 5.24. The molecule has 0 heterocycles. The summed E-state index contributed by atoms with van der Waals surface area (Å²) in [4.78, 5) is 0. The van der Waals surface area contributed by atoms with Crippen LogP contribution in [-0.4, -0.2) is 6.29 Å². The van der Waals surface area contributed by atoms with E-state index in [1.807, 2.05) is 48.5 Å². The van der Waals surface area contributed by atoms with Gasteiger partial charge in [-0.05, 0) is 41.5 Å². The van der Waals surface area contributed by atoms with Crippen LogP contribution in [0.25, 0.3) is 0 Å². The zero-order valence-corrected chi connectivity index (χ0v) is 13.0. The zero-order valence-electron chi connectivity index (χ0n) is 11.5. The lowest BCUT2D eigenvalue weighted by Gasteiger charge is -2.15. The minimum Gasteiger partial charge on any atom is -0.344 e. The lowest BCUT2D eigenvalue weighted by molar-refractivity contribution is -0.126. The number of halogens is 2. The van der Waals surface area contributed by atoms with Crippen LogP contribution in [0.15, 0.2) is 61.2 Å². The van der Waals surface area contributed by atoms with Crippen LogP contribution < -0.4 is 0 Å². The van der Waals surface area contributed by atoms with Crippen molar-refractivity contribution in [3.05, 3.63) is 82.4 Å². The third-order valence-electron chi connectivity index (χ3n) is 2.85. The third kappa shape index (κ3) is 5.52. The Bertz CT molecular complexity index is 515. The van der Waals surface area contributed by atoms with E-state index in [0.717, 1.165) is 11.1 Å². The molecule has 21 heavy (non-hydrogen) atoms. The number of hydrogen-bond donors (Lipinski definition) is 0. The standard InChI is InChI=1S/C17H16Cl2O2/c1-2-17(20-11-13-3-7-15(18)8-4-13)21-12-14-5-9-16(19)10-6-14/h2-10,17H,1,11-12H2. The van der Waals surface area contributed by atoms with Gasteiger partial charge in [0, 0.05) is 10.0 Å². The fraction of sp³-hybridized carbons (Fsp3) is 0.176. The van der Waals surface area contributed by atoms with Crippen LogP contribution in [0.4, 0.5) is 0 Å². The molecule has 2 aromatic rings. The minimum absolute atomic E-state index is 0.439. The van der Waals surface area contributed by atoms with Crippen molar-refractivity contribution in [2.24, 2.45) is 0 Å². The predicted molar refractivity (Wildman–Crippen MR) is 86.5 cm³/mol. The topological polar surface area (TPSA) is 18.5 Å². The first kappa shape index (κ1) is 16.1. The van der Waals surface area contributed by atoms with Crippen molar-refractivity contribution in [1.82, 2.24) is 0 Å². The summed E-state index contributed by atoms with van der Waals surface area (Å²) < 4.78 is 11.3. The highest BCUT2D eigenvalue weighted by molar-refractivity contribution is 6.30. The molecule has 0 bridgehead atoms. The lowest BCUT2D eigenvalue weighted by atomic mass is 10.2. The van der Waals surface area contributed by atoms with Crippen molar-refractivity contribution < 1.29 is 9.47 Å². The van der Waals surface area contributed by atoms with Crippen molar-refractivity contribution in [2.45, 2.75) is 19.5 Å². The Morgan fingerprint density at radius 2 is 1.19 bits per heavy atom. The summed E-state index contributed by atoms with van der Waals surface area (Å²) in [5.74, 6) is 0. The molecule has 0 unspecified atom stereocenters. The van der Waals surface area contributed by atoms with Gasteiger partial charge < -0.3 is 9.47 Å². The molecule has 0 atom stereocenters. The fourth-order valence-corrected chi connectivity index (χ4v) is 1.95. The number of benzene rings is 2. The largest absolute Gasteiger partial charge is 0.344 e. The van der Waals surface area contributed by atoms with Gasteiger partial charge in [-0.1, -0.05) is 54.0 Å². The van der Waals surface area contributed by atoms with Crippen LogP contribution in [-0.2, 0) is 22.7 Å². The van der Waals surface area contributed by atoms with Crippen LogP contribution in [0.1, 0.15) is 11.1 Å². The number of ether oxygens (including phenoxy) is 2. The molecule has 110 valence electrons. The quantitative estimate of drug-likeness (QED) is 0.512. The van der Waals surface area contributed by atoms with E-state index in [9.17, 15) is 0 Å². The van der Waals surface area contributed by atoms with Gasteiger partial charge in [-0.25, -0.2) is 0 Å². The minimum atomic E-state index is -0.462. The summed E-state index contributed by atoms with van der Waals surface area (Å²) in [7, 11) is 0. The molecule has 0 radical (unpaired) electrons. The highest BCUT2D eigenvalue weighted by Crippen LogP contribution is 2.14. The molecule has 4 heteroatoms. The monoisotopic (exact) mass is 322 g/mol. The zero-order chi connectivity index (χ0) is 15.1. The van der Waals surface area contributed by atoms with Gasteiger partial charge in [0.05, 0.1) is 13.2 Å². The molecule has 0 saturated carbocycles. The maximum Gasteiger partial charge on any atom is 0.177 e. The van der Waals surface area contributed by atoms with E-state index in [2.05, 4.69) is 6.58 Å². The van der Waals surface area contributed by atoms with Crippen molar-refractivity contribution >= 4 is 23.2 Å². The molecule has 0 aliphatic rings. The van der Waals surface area contributed by atoms with Crippen LogP contribution in [0, 0.1) is 0 Å². The average Bonchev–Trinajstić information content (AvgIpc) is 2.51. The molecule has 0 aliphatic carbocycles. The van der Waals surface area contributed by atoms with E-state index in [0.29, 0.717) is 23.3 Å². The molecule has 2 aromatic carbocycles. The first-order valence-corrected chi connectivity index (χ1v) is 7.27. The van der Waals surface area contributed by atoms with Gasteiger partial charge in [-0.3, -0.25) is 0 Å². The molecule has 0 aromatic heterocycles. The van der Waals surface area contributed by atoms with E-state index in [-0.39, 0.29) is 0 Å². The SMILES string of the molecule is C=CC(OCc1ccc(Cl)cc1)OCc1ccc(Cl)cc1. The summed E-state index contributed by atoms with van der Waals surface area (Å²) in [5.41, 5.74) is 2.06. The molecule has 2 rings (SSSR count). The van der Waals surface area contributed by atoms with Crippen LogP contribution in [0.3, 0.4) is 0 Å². The normalized spacial score (nSPS) is 10.8. The van der Waals surface area contributed by atoms with Crippen molar-refractivity contribution in [2.75, 3.05) is 0 Å². The average molecular weight is 323 g/mol. The van der Waals surface area contributed by atoms with E-state index in [1.165, 1.54) is 0 Å². The molecule has 0 aliphatic heterocycles. The van der Waals surface area contributed by atoms with Crippen molar-refractivity contribution in [1.29, 1.82) is 0 Å². The Kier molecular flexibility index (Phi) is 6.27. The molecule has 2 nitrogen and oxygen atoms in total. The van der Waals surface area contributed by atoms with E-state index in [1.54, 1.807) is 6.08 Å². The summed E-state index contributed by atoms with van der Waals surface area (Å²) in [5, 5.41) is 1.41. The summed E-state index contributed by atoms with van der Waals surface area (Å²) in [6, 6.07) is 15.0. The highest BCUT2D eigenvalue weighted by Gasteiger charge is 2.05. The maximum atomic E-state index is 5.84. The van der Waals surface area contributed by atoms with Gasteiger partial charge in [-0.2, -0.15) is 0 Å². The Hall–Kier alpha value is -1.32. The second-order valence-corrected chi connectivity index (χ2v) is 5.35. The Balaban J connectivity index is 1.81. The maximum absolute atomic E-state index is 5.84. The first-order chi connectivity index (χ1) is 10.2. The molecular formula is C17H16Cl2O2. The second-order valence-electron chi connectivity index (χ2n) is 4.48. The number of hydrogen-bond acceptors (Lipinski definition) is 2. The molecular weight excluding hydrogens is 307 g/mol. The third-order valence-corrected chi connectivity index (χ3v) is 3.35. The highest BCUT2D eigenvalue weighted by atomic mass is 35.5. The molecule has 0 amide bonds. The van der Waals surface area contributed by atoms with Gasteiger partial charge in [0.1, 0.15) is 0 Å². The smallest absolute Gasteiger partial charge is 0.177 e. The van der Waals surface area contributed by atoms with E-state index in [4.69, 9.17) is 32.7 Å². The molecule has 0 saturated heterocycles. The van der Waals surface area contributed by atoms with E-state index >= 15 is 0 Å². The van der Waals surface area contributed by atoms with Gasteiger partial charge in [0.25, 0.3) is 0 Å². The van der Waals surface area contributed by atoms with Crippen LogP contribution in [0.2, 0.25) is 10.0 Å². The summed E-state index contributed by atoms with van der Waals surface area (Å²) >= 11 is 11.7. The number of rotatable bonds is 7. The Labute approximate surface area is 134 Å². The molecule has 0 N–H and O–H groups in total. The molecule has 0 fully saturated rings. The van der Waals surface area contributed by atoms with Gasteiger partial charge in [-0.15, -0.1) is 0 Å². The van der Waals surface area contributed by atoms with Crippen LogP contribution >= 0.6 is 23.2 Å². The Morgan fingerprint density at radius 1 is 0.810 bits per heavy atom. The van der Waals surface area contributed by atoms with Gasteiger partial charge >= 0.3 is 0 Å². The van der Waals surface area contributed by atoms with Gasteiger partial charge in [0.2, 0.25) is 0 Å². The summed E-state index contributed by atoms with van der Waals surface area (Å²) in [6.07, 6.45) is 1.17. The Morgan fingerprint density at radius 3 is 1.52 bits per heavy atom. The summed E-state index contributed by atoms with van der Waals surface area (Å²) in [6.45, 7) is 4.60. The van der Waals surface area contributed by atoms with Gasteiger partial charge in [0.15, 0.2) is 6.29 Å². The van der Waals surface area contributed by atoms with Crippen LogP contribution in [0.5, 0.6) is 0 Å². The molecule has 0 spiro atoms. The first-order valence-electron chi connectivity index (χ1n) is 6.52. The second kappa shape index (κ2) is 8.20. The fourth-order valence-electron chi connectivity index (χ4n) is 1.70. The van der Waals surface area contributed by atoms with Crippen molar-refractivity contribution in [3.8, 4) is 0 Å².